The first-order valence-corrected chi connectivity index (χ1v) is 8.54. The van der Waals surface area contributed by atoms with Gasteiger partial charge in [0.15, 0.2) is 11.7 Å². The summed E-state index contributed by atoms with van der Waals surface area (Å²) in [6, 6.07) is 0. The Bertz CT molecular complexity index is 422. The number of allylic oxidation sites excluding steroid dienone is 1. The highest BCUT2D eigenvalue weighted by molar-refractivity contribution is 9.11. The van der Waals surface area contributed by atoms with Crippen molar-refractivity contribution < 1.29 is 28.5 Å². The van der Waals surface area contributed by atoms with Gasteiger partial charge in [-0.05, 0) is 32.2 Å². The third-order valence-electron chi connectivity index (χ3n) is 3.73. The molecule has 0 bridgehead atoms. The average molecular weight is 393 g/mol. The van der Waals surface area contributed by atoms with Gasteiger partial charge in [0, 0.05) is 12.8 Å². The Morgan fingerprint density at radius 2 is 1.52 bits per heavy atom. The van der Waals surface area contributed by atoms with Crippen LogP contribution < -0.4 is 0 Å². The van der Waals surface area contributed by atoms with Crippen LogP contribution in [-0.4, -0.2) is 43.7 Å². The van der Waals surface area contributed by atoms with Crippen molar-refractivity contribution in [2.75, 3.05) is 13.2 Å². The Kier molecular flexibility index (Phi) is 7.70. The molecule has 2 atom stereocenters. The molecule has 6 nitrogen and oxygen atoms in total. The van der Waals surface area contributed by atoms with Gasteiger partial charge in [0.2, 0.25) is 0 Å². The number of halogens is 1. The zero-order valence-corrected chi connectivity index (χ0v) is 15.7. The maximum absolute atomic E-state index is 12.6. The molecular formula is C16H25BrO6. The van der Waals surface area contributed by atoms with Crippen molar-refractivity contribution in [1.29, 1.82) is 0 Å². The zero-order chi connectivity index (χ0) is 17.6. The molecule has 1 heterocycles. The van der Waals surface area contributed by atoms with Crippen molar-refractivity contribution in [3.63, 3.8) is 0 Å². The normalized spacial score (nSPS) is 22.0. The van der Waals surface area contributed by atoms with E-state index in [0.29, 0.717) is 4.48 Å². The molecule has 0 unspecified atom stereocenters. The van der Waals surface area contributed by atoms with Gasteiger partial charge in [0.1, 0.15) is 0 Å². The van der Waals surface area contributed by atoms with Gasteiger partial charge in [-0.1, -0.05) is 22.5 Å². The zero-order valence-electron chi connectivity index (χ0n) is 14.1. The summed E-state index contributed by atoms with van der Waals surface area (Å²) in [4.78, 5) is 25.1. The first-order valence-electron chi connectivity index (χ1n) is 7.75. The fourth-order valence-electron chi connectivity index (χ4n) is 2.45. The summed E-state index contributed by atoms with van der Waals surface area (Å²) >= 11 is 3.23. The predicted molar refractivity (Wildman–Crippen MR) is 87.9 cm³/mol. The van der Waals surface area contributed by atoms with E-state index in [9.17, 15) is 9.59 Å². The first kappa shape index (κ1) is 20.1. The van der Waals surface area contributed by atoms with Crippen molar-refractivity contribution in [1.82, 2.24) is 0 Å². The molecule has 0 aromatic carbocycles. The summed E-state index contributed by atoms with van der Waals surface area (Å²) < 4.78 is 22.1. The van der Waals surface area contributed by atoms with Crippen LogP contribution in [0.15, 0.2) is 11.1 Å². The molecule has 1 aliphatic heterocycles. The third-order valence-corrected chi connectivity index (χ3v) is 4.02. The van der Waals surface area contributed by atoms with Gasteiger partial charge >= 0.3 is 11.9 Å². The van der Waals surface area contributed by atoms with Crippen molar-refractivity contribution in [3.05, 3.63) is 11.1 Å². The maximum Gasteiger partial charge on any atom is 0.324 e. The number of esters is 2. The molecule has 0 aromatic rings. The molecule has 0 radical (unpaired) electrons. The number of rotatable bonds is 8. The molecule has 0 spiro atoms. The number of carbonyl (C=O) groups is 2. The molecular weight excluding hydrogens is 368 g/mol. The summed E-state index contributed by atoms with van der Waals surface area (Å²) in [6.45, 7) is 11.2. The molecule has 7 heteroatoms. The lowest BCUT2D eigenvalue weighted by atomic mass is 9.80. The smallest absolute Gasteiger partial charge is 0.324 e. The van der Waals surface area contributed by atoms with E-state index in [1.807, 2.05) is 13.8 Å². The van der Waals surface area contributed by atoms with E-state index in [-0.39, 0.29) is 38.3 Å². The monoisotopic (exact) mass is 392 g/mol. The molecule has 1 saturated heterocycles. The summed E-state index contributed by atoms with van der Waals surface area (Å²) in [5.41, 5.74) is -1.54. The van der Waals surface area contributed by atoms with Gasteiger partial charge in [-0.15, -0.1) is 0 Å². The quantitative estimate of drug-likeness (QED) is 0.467. The third kappa shape index (κ3) is 5.02. The summed E-state index contributed by atoms with van der Waals surface area (Å²) in [5, 5.41) is 0. The van der Waals surface area contributed by atoms with Gasteiger partial charge in [-0.3, -0.25) is 9.59 Å². The molecule has 23 heavy (non-hydrogen) atoms. The highest BCUT2D eigenvalue weighted by Gasteiger charge is 2.52. The fourth-order valence-corrected chi connectivity index (χ4v) is 2.92. The van der Waals surface area contributed by atoms with Crippen LogP contribution in [0, 0.1) is 5.41 Å². The Labute approximate surface area is 145 Å². The molecule has 0 aromatic heterocycles. The Morgan fingerprint density at radius 1 is 1.09 bits per heavy atom. The number of ether oxygens (including phenoxy) is 4. The minimum Gasteiger partial charge on any atom is -0.465 e. The largest absolute Gasteiger partial charge is 0.465 e. The molecule has 1 fully saturated rings. The van der Waals surface area contributed by atoms with Crippen LogP contribution in [0.5, 0.6) is 0 Å². The van der Waals surface area contributed by atoms with E-state index < -0.39 is 23.6 Å². The SMILES string of the molecule is C=C(Br)CC(CC1O[C@H](C)[C@@H](C)O1)(C(=O)OCC)C(=O)OCC. The standard InChI is InChI=1S/C16H25BrO6/c1-6-20-14(18)16(8-10(3)17,15(19)21-7-2)9-13-22-11(4)12(5)23-13/h11-13H,3,6-9H2,1-2,4-5H3/t11-,12-/m1/s1. The minimum absolute atomic E-state index is 0.0178. The lowest BCUT2D eigenvalue weighted by Gasteiger charge is -2.30. The Morgan fingerprint density at radius 3 is 1.87 bits per heavy atom. The number of hydrogen-bond acceptors (Lipinski definition) is 6. The minimum atomic E-state index is -1.54. The van der Waals surface area contributed by atoms with Gasteiger partial charge in [0.05, 0.1) is 25.4 Å². The lowest BCUT2D eigenvalue weighted by molar-refractivity contribution is -0.180. The van der Waals surface area contributed by atoms with Gasteiger partial charge in [-0.2, -0.15) is 0 Å². The van der Waals surface area contributed by atoms with Crippen molar-refractivity contribution >= 4 is 27.9 Å². The second kappa shape index (κ2) is 8.80. The van der Waals surface area contributed by atoms with Crippen LogP contribution >= 0.6 is 15.9 Å². The van der Waals surface area contributed by atoms with Crippen LogP contribution in [0.3, 0.4) is 0 Å². The molecule has 1 rings (SSSR count). The molecule has 0 amide bonds. The second-order valence-corrected chi connectivity index (χ2v) is 6.65. The summed E-state index contributed by atoms with van der Waals surface area (Å²) in [7, 11) is 0. The van der Waals surface area contributed by atoms with Crippen LogP contribution in [0.4, 0.5) is 0 Å². The van der Waals surface area contributed by atoms with E-state index in [2.05, 4.69) is 22.5 Å². The van der Waals surface area contributed by atoms with Crippen LogP contribution in [0.1, 0.15) is 40.5 Å². The van der Waals surface area contributed by atoms with E-state index in [4.69, 9.17) is 18.9 Å². The molecule has 0 saturated carbocycles. The van der Waals surface area contributed by atoms with Crippen LogP contribution in [0.25, 0.3) is 0 Å². The second-order valence-electron chi connectivity index (χ2n) is 5.53. The van der Waals surface area contributed by atoms with E-state index in [1.165, 1.54) is 0 Å². The summed E-state index contributed by atoms with van der Waals surface area (Å²) in [5.74, 6) is -1.31. The Balaban J connectivity index is 3.11. The summed E-state index contributed by atoms with van der Waals surface area (Å²) in [6.07, 6.45) is -0.843. The highest BCUT2D eigenvalue weighted by atomic mass is 79.9. The van der Waals surface area contributed by atoms with Crippen molar-refractivity contribution in [2.24, 2.45) is 5.41 Å². The van der Waals surface area contributed by atoms with Gasteiger partial charge in [-0.25, -0.2) is 0 Å². The van der Waals surface area contributed by atoms with Gasteiger partial charge in [0.25, 0.3) is 0 Å². The topological polar surface area (TPSA) is 71.1 Å². The average Bonchev–Trinajstić information content (AvgIpc) is 2.76. The van der Waals surface area contributed by atoms with Crippen molar-refractivity contribution in [3.8, 4) is 0 Å². The lowest BCUT2D eigenvalue weighted by Crippen LogP contribution is -2.45. The molecule has 132 valence electrons. The van der Waals surface area contributed by atoms with E-state index in [1.54, 1.807) is 13.8 Å². The van der Waals surface area contributed by atoms with Crippen LogP contribution in [-0.2, 0) is 28.5 Å². The van der Waals surface area contributed by atoms with Gasteiger partial charge < -0.3 is 18.9 Å². The predicted octanol–water partition coefficient (Wildman–Crippen LogP) is 2.94. The molecule has 1 aliphatic rings. The first-order chi connectivity index (χ1) is 10.8. The molecule has 0 aliphatic carbocycles. The van der Waals surface area contributed by atoms with E-state index >= 15 is 0 Å². The Hall–Kier alpha value is -0.920. The number of carbonyl (C=O) groups excluding carboxylic acids is 2. The van der Waals surface area contributed by atoms with Crippen LogP contribution in [0.2, 0.25) is 0 Å². The number of hydrogen-bond donors (Lipinski definition) is 0. The fraction of sp³-hybridized carbons (Fsp3) is 0.750. The molecule has 0 N–H and O–H groups in total. The van der Waals surface area contributed by atoms with Crippen molar-refractivity contribution in [2.45, 2.75) is 59.0 Å². The highest BCUT2D eigenvalue weighted by Crippen LogP contribution is 2.39. The van der Waals surface area contributed by atoms with E-state index in [0.717, 1.165) is 0 Å². The maximum atomic E-state index is 12.6.